The van der Waals surface area contributed by atoms with Crippen LogP contribution < -0.4 is 10.6 Å². The van der Waals surface area contributed by atoms with Crippen molar-refractivity contribution in [3.05, 3.63) is 35.7 Å². The third kappa shape index (κ3) is 2.60. The van der Waals surface area contributed by atoms with E-state index >= 15 is 0 Å². The van der Waals surface area contributed by atoms with Crippen molar-refractivity contribution in [2.75, 3.05) is 31.1 Å². The zero-order valence-corrected chi connectivity index (χ0v) is 11.9. The molecule has 0 radical (unpaired) electrons. The molecular weight excluding hydrogens is 270 g/mol. The summed E-state index contributed by atoms with van der Waals surface area (Å²) in [4.78, 5) is 8.87. The van der Waals surface area contributed by atoms with Gasteiger partial charge in [-0.3, -0.25) is 5.41 Å². The molecule has 2 heterocycles. The number of hydrogen-bond acceptors (Lipinski definition) is 4. The van der Waals surface area contributed by atoms with Crippen LogP contribution in [0.3, 0.4) is 0 Å². The fraction of sp³-hybridized carbons (Fsp3) is 0.286. The molecule has 1 fully saturated rings. The lowest BCUT2D eigenvalue weighted by molar-refractivity contribution is 0.380. The summed E-state index contributed by atoms with van der Waals surface area (Å²) < 4.78 is 0. The van der Waals surface area contributed by atoms with E-state index in [0.717, 1.165) is 42.6 Å². The average molecular weight is 287 g/mol. The van der Waals surface area contributed by atoms with Crippen LogP contribution in [0.4, 0.5) is 5.13 Å². The highest BCUT2D eigenvalue weighted by molar-refractivity contribution is 7.14. The number of hydrogen-bond donors (Lipinski definition) is 2. The molecule has 20 heavy (non-hydrogen) atoms. The molecular formula is C14H17N5S. The van der Waals surface area contributed by atoms with Crippen LogP contribution in [0.25, 0.3) is 11.3 Å². The van der Waals surface area contributed by atoms with Crippen LogP contribution in [0.15, 0.2) is 35.7 Å². The Balaban J connectivity index is 1.71. The van der Waals surface area contributed by atoms with Gasteiger partial charge in [-0.25, -0.2) is 4.98 Å². The van der Waals surface area contributed by atoms with Gasteiger partial charge in [-0.2, -0.15) is 0 Å². The van der Waals surface area contributed by atoms with Crippen molar-refractivity contribution in [1.29, 1.82) is 5.41 Å². The minimum Gasteiger partial charge on any atom is -0.370 e. The molecule has 0 unspecified atom stereocenters. The largest absolute Gasteiger partial charge is 0.370 e. The fourth-order valence-electron chi connectivity index (χ4n) is 2.29. The molecule has 1 aliphatic heterocycles. The van der Waals surface area contributed by atoms with E-state index in [0.29, 0.717) is 0 Å². The lowest BCUT2D eigenvalue weighted by Gasteiger charge is -2.34. The molecule has 0 spiro atoms. The third-order valence-electron chi connectivity index (χ3n) is 3.45. The zero-order chi connectivity index (χ0) is 13.9. The second kappa shape index (κ2) is 5.50. The Morgan fingerprint density at radius 2 is 1.85 bits per heavy atom. The predicted molar refractivity (Wildman–Crippen MR) is 83.3 cm³/mol. The van der Waals surface area contributed by atoms with Crippen LogP contribution in [0, 0.1) is 5.41 Å². The summed E-state index contributed by atoms with van der Waals surface area (Å²) in [6, 6.07) is 10.2. The monoisotopic (exact) mass is 287 g/mol. The third-order valence-corrected chi connectivity index (χ3v) is 4.35. The topological polar surface area (TPSA) is 69.2 Å². The highest BCUT2D eigenvalue weighted by Gasteiger charge is 2.20. The summed E-state index contributed by atoms with van der Waals surface area (Å²) in [6.07, 6.45) is 0. The quantitative estimate of drug-likeness (QED) is 0.653. The molecule has 0 saturated carbocycles. The molecule has 1 aromatic carbocycles. The van der Waals surface area contributed by atoms with Gasteiger partial charge in [-0.1, -0.05) is 30.3 Å². The highest BCUT2D eigenvalue weighted by Crippen LogP contribution is 2.27. The summed E-state index contributed by atoms with van der Waals surface area (Å²) in [5.41, 5.74) is 7.69. The number of nitrogens with one attached hydrogen (secondary N) is 1. The molecule has 1 aliphatic rings. The summed E-state index contributed by atoms with van der Waals surface area (Å²) in [6.45, 7) is 3.30. The smallest absolute Gasteiger partial charge is 0.188 e. The first-order valence-electron chi connectivity index (χ1n) is 6.59. The molecule has 5 nitrogen and oxygen atoms in total. The first-order valence-corrected chi connectivity index (χ1v) is 7.47. The van der Waals surface area contributed by atoms with Gasteiger partial charge in [0.25, 0.3) is 0 Å². The number of guanidine groups is 1. The maximum absolute atomic E-state index is 7.45. The fourth-order valence-corrected chi connectivity index (χ4v) is 3.18. The van der Waals surface area contributed by atoms with Crippen molar-refractivity contribution in [1.82, 2.24) is 9.88 Å². The lowest BCUT2D eigenvalue weighted by Crippen LogP contribution is -2.50. The number of nitrogens with zero attached hydrogens (tertiary/aromatic N) is 3. The number of benzene rings is 1. The van der Waals surface area contributed by atoms with E-state index in [4.69, 9.17) is 16.1 Å². The van der Waals surface area contributed by atoms with Crippen LogP contribution in [0.2, 0.25) is 0 Å². The minimum atomic E-state index is 0.161. The minimum absolute atomic E-state index is 0.161. The SMILES string of the molecule is N=C(N)N1CCN(c2nc(-c3ccccc3)cs2)CC1. The molecule has 1 saturated heterocycles. The molecule has 0 aliphatic carbocycles. The number of rotatable bonds is 2. The van der Waals surface area contributed by atoms with E-state index < -0.39 is 0 Å². The van der Waals surface area contributed by atoms with Gasteiger partial charge >= 0.3 is 0 Å². The molecule has 6 heteroatoms. The lowest BCUT2D eigenvalue weighted by atomic mass is 10.2. The van der Waals surface area contributed by atoms with Gasteiger partial charge in [0.2, 0.25) is 0 Å². The summed E-state index contributed by atoms with van der Waals surface area (Å²) in [7, 11) is 0. The predicted octanol–water partition coefficient (Wildman–Crippen LogP) is 1.83. The molecule has 104 valence electrons. The summed E-state index contributed by atoms with van der Waals surface area (Å²) in [5.74, 6) is 0.161. The van der Waals surface area contributed by atoms with Crippen molar-refractivity contribution in [2.45, 2.75) is 0 Å². The van der Waals surface area contributed by atoms with Crippen LogP contribution in [0.5, 0.6) is 0 Å². The highest BCUT2D eigenvalue weighted by atomic mass is 32.1. The molecule has 2 aromatic rings. The molecule has 0 atom stereocenters. The van der Waals surface area contributed by atoms with Crippen molar-refractivity contribution >= 4 is 22.4 Å². The molecule has 1 aromatic heterocycles. The molecule has 3 N–H and O–H groups in total. The number of anilines is 1. The Labute approximate surface area is 122 Å². The van der Waals surface area contributed by atoms with E-state index in [1.165, 1.54) is 0 Å². The Kier molecular flexibility index (Phi) is 3.56. The first-order chi connectivity index (χ1) is 9.74. The maximum atomic E-state index is 7.45. The van der Waals surface area contributed by atoms with Gasteiger partial charge in [-0.15, -0.1) is 11.3 Å². The van der Waals surface area contributed by atoms with Gasteiger partial charge in [0.15, 0.2) is 11.1 Å². The Hall–Kier alpha value is -2.08. The van der Waals surface area contributed by atoms with Crippen LogP contribution in [0.1, 0.15) is 0 Å². The van der Waals surface area contributed by atoms with Crippen molar-refractivity contribution in [3.63, 3.8) is 0 Å². The van der Waals surface area contributed by atoms with Crippen molar-refractivity contribution in [3.8, 4) is 11.3 Å². The maximum Gasteiger partial charge on any atom is 0.188 e. The second-order valence-electron chi connectivity index (χ2n) is 4.74. The van der Waals surface area contributed by atoms with Crippen molar-refractivity contribution in [2.24, 2.45) is 5.73 Å². The Morgan fingerprint density at radius 3 is 2.50 bits per heavy atom. The number of thiazole rings is 1. The van der Waals surface area contributed by atoms with E-state index in [1.807, 2.05) is 23.1 Å². The molecule has 0 bridgehead atoms. The van der Waals surface area contributed by atoms with Crippen LogP contribution in [-0.4, -0.2) is 42.0 Å². The van der Waals surface area contributed by atoms with Crippen molar-refractivity contribution < 1.29 is 0 Å². The second-order valence-corrected chi connectivity index (χ2v) is 5.58. The van der Waals surface area contributed by atoms with E-state index in [1.54, 1.807) is 11.3 Å². The van der Waals surface area contributed by atoms with E-state index in [-0.39, 0.29) is 5.96 Å². The van der Waals surface area contributed by atoms with Gasteiger partial charge in [0.1, 0.15) is 0 Å². The number of piperazine rings is 1. The standard InChI is InChI=1S/C14H17N5S/c15-13(16)18-6-8-19(9-7-18)14-17-12(10-20-14)11-4-2-1-3-5-11/h1-5,10H,6-9H2,(H3,15,16). The first kappa shape index (κ1) is 12.9. The van der Waals surface area contributed by atoms with Crippen LogP contribution in [-0.2, 0) is 0 Å². The zero-order valence-electron chi connectivity index (χ0n) is 11.1. The van der Waals surface area contributed by atoms with Gasteiger partial charge in [0.05, 0.1) is 5.69 Å². The van der Waals surface area contributed by atoms with Crippen LogP contribution >= 0.6 is 11.3 Å². The molecule has 0 amide bonds. The average Bonchev–Trinajstić information content (AvgIpc) is 2.98. The Morgan fingerprint density at radius 1 is 1.15 bits per heavy atom. The van der Waals surface area contributed by atoms with E-state index in [9.17, 15) is 0 Å². The van der Waals surface area contributed by atoms with Gasteiger partial charge in [0, 0.05) is 37.1 Å². The van der Waals surface area contributed by atoms with Gasteiger partial charge in [-0.05, 0) is 0 Å². The number of aromatic nitrogens is 1. The summed E-state index contributed by atoms with van der Waals surface area (Å²) in [5, 5.41) is 10.6. The molecule has 3 rings (SSSR count). The normalized spacial score (nSPS) is 15.4. The van der Waals surface area contributed by atoms with E-state index in [2.05, 4.69) is 22.4 Å². The summed E-state index contributed by atoms with van der Waals surface area (Å²) >= 11 is 1.67. The number of nitrogens with two attached hydrogens (primary N) is 1. The van der Waals surface area contributed by atoms with Gasteiger partial charge < -0.3 is 15.5 Å². The Bertz CT molecular complexity index is 587.